The highest BCUT2D eigenvalue weighted by atomic mass is 28.4. The minimum Gasteiger partial charge on any atom is -0.544 e. The van der Waals surface area contributed by atoms with Crippen LogP contribution in [0.4, 0.5) is 4.79 Å². The molecule has 0 radical (unpaired) electrons. The van der Waals surface area contributed by atoms with Gasteiger partial charge in [-0.2, -0.15) is 0 Å². The molecule has 5 nitrogen and oxygen atoms in total. The molecular formula is C24H35NO4Si. The summed E-state index contributed by atoms with van der Waals surface area (Å²) in [4.78, 5) is 14.4. The van der Waals surface area contributed by atoms with Crippen LogP contribution in [0.3, 0.4) is 0 Å². The molecule has 0 heterocycles. The maximum Gasteiger partial charge on any atom is 0.415 e. The quantitative estimate of drug-likeness (QED) is 0.462. The molecule has 164 valence electrons. The van der Waals surface area contributed by atoms with Crippen LogP contribution in [0.1, 0.15) is 46.2 Å². The summed E-state index contributed by atoms with van der Waals surface area (Å²) in [6.45, 7) is 15.6. The number of benzene rings is 2. The molecule has 0 aliphatic carbocycles. The molecule has 0 aliphatic heterocycles. The Morgan fingerprint density at radius 2 is 1.47 bits per heavy atom. The third kappa shape index (κ3) is 5.78. The number of hydrogen-bond acceptors (Lipinski definition) is 4. The van der Waals surface area contributed by atoms with Gasteiger partial charge in [0.2, 0.25) is 8.32 Å². The Balaban J connectivity index is 2.08. The van der Waals surface area contributed by atoms with Gasteiger partial charge in [0.15, 0.2) is 0 Å². The first-order chi connectivity index (χ1) is 14.0. The average molecular weight is 430 g/mol. The Bertz CT molecular complexity index is 826. The second kappa shape index (κ2) is 9.56. The Hall–Kier alpha value is -2.47. The van der Waals surface area contributed by atoms with Gasteiger partial charge in [-0.1, -0.05) is 32.9 Å². The molecule has 1 atom stereocenters. The maximum atomic E-state index is 12.7. The van der Waals surface area contributed by atoms with E-state index >= 15 is 0 Å². The van der Waals surface area contributed by atoms with Gasteiger partial charge in [0.1, 0.15) is 17.2 Å². The zero-order valence-corrected chi connectivity index (χ0v) is 20.5. The first kappa shape index (κ1) is 23.8. The number of carbonyl (C=O) groups is 1. The van der Waals surface area contributed by atoms with Crippen LogP contribution in [0.5, 0.6) is 17.2 Å². The van der Waals surface area contributed by atoms with Crippen LogP contribution < -0.4 is 13.9 Å². The van der Waals surface area contributed by atoms with E-state index in [1.807, 2.05) is 38.1 Å². The van der Waals surface area contributed by atoms with Crippen molar-refractivity contribution in [1.82, 2.24) is 4.90 Å². The lowest BCUT2D eigenvalue weighted by Crippen LogP contribution is -2.43. The lowest BCUT2D eigenvalue weighted by Gasteiger charge is -2.36. The zero-order valence-electron chi connectivity index (χ0n) is 19.5. The fourth-order valence-corrected chi connectivity index (χ4v) is 3.84. The van der Waals surface area contributed by atoms with Crippen molar-refractivity contribution in [3.8, 4) is 17.2 Å². The van der Waals surface area contributed by atoms with Crippen molar-refractivity contribution in [3.63, 3.8) is 0 Å². The number of amides is 1. The molecule has 0 N–H and O–H groups in total. The van der Waals surface area contributed by atoms with Crippen LogP contribution in [-0.4, -0.2) is 33.0 Å². The Morgan fingerprint density at radius 1 is 0.967 bits per heavy atom. The number of carbonyl (C=O) groups excluding carboxylic acids is 1. The van der Waals surface area contributed by atoms with Gasteiger partial charge in [-0.05, 0) is 73.9 Å². The Labute approximate surface area is 182 Å². The first-order valence-electron chi connectivity index (χ1n) is 10.4. The third-order valence-electron chi connectivity index (χ3n) is 5.85. The van der Waals surface area contributed by atoms with Gasteiger partial charge in [-0.15, -0.1) is 0 Å². The van der Waals surface area contributed by atoms with Crippen LogP contribution in [0.15, 0.2) is 48.5 Å². The molecule has 0 aromatic heterocycles. The van der Waals surface area contributed by atoms with E-state index in [0.717, 1.165) is 17.1 Å². The molecule has 0 fully saturated rings. The minimum absolute atomic E-state index is 0.123. The molecule has 30 heavy (non-hydrogen) atoms. The van der Waals surface area contributed by atoms with Gasteiger partial charge < -0.3 is 18.8 Å². The molecule has 2 aromatic rings. The topological polar surface area (TPSA) is 48.0 Å². The molecule has 0 saturated heterocycles. The van der Waals surface area contributed by atoms with E-state index in [9.17, 15) is 4.79 Å². The van der Waals surface area contributed by atoms with Crippen LogP contribution in [0.2, 0.25) is 18.1 Å². The second-order valence-electron chi connectivity index (χ2n) is 8.94. The number of rotatable bonds is 7. The molecule has 0 saturated carbocycles. The second-order valence-corrected chi connectivity index (χ2v) is 13.7. The van der Waals surface area contributed by atoms with Gasteiger partial charge in [0.05, 0.1) is 13.2 Å². The first-order valence-corrected chi connectivity index (χ1v) is 13.3. The molecule has 0 spiro atoms. The fourth-order valence-electron chi connectivity index (χ4n) is 2.81. The lowest BCUT2D eigenvalue weighted by molar-refractivity contribution is 0.138. The third-order valence-corrected chi connectivity index (χ3v) is 10.2. The van der Waals surface area contributed by atoms with Gasteiger partial charge >= 0.3 is 6.09 Å². The van der Waals surface area contributed by atoms with Crippen molar-refractivity contribution in [3.05, 3.63) is 54.1 Å². The summed E-state index contributed by atoms with van der Waals surface area (Å²) in [5.74, 6) is 2.08. The van der Waals surface area contributed by atoms with Crippen LogP contribution in [0, 0.1) is 0 Å². The van der Waals surface area contributed by atoms with E-state index in [-0.39, 0.29) is 17.2 Å². The van der Waals surface area contributed by atoms with Crippen molar-refractivity contribution in [2.45, 2.75) is 58.8 Å². The SMILES string of the molecule is CCN(C(=O)Oc1ccc(OC)cc1)[C@@H](C)c1ccc(O[Si](C)(C)C(C)(C)C)cc1. The van der Waals surface area contributed by atoms with E-state index in [2.05, 4.69) is 33.9 Å². The van der Waals surface area contributed by atoms with Crippen molar-refractivity contribution >= 4 is 14.4 Å². The predicted molar refractivity (Wildman–Crippen MR) is 124 cm³/mol. The maximum absolute atomic E-state index is 12.7. The van der Waals surface area contributed by atoms with Gasteiger partial charge in [-0.25, -0.2) is 4.79 Å². The van der Waals surface area contributed by atoms with E-state index < -0.39 is 8.32 Å². The summed E-state index contributed by atoms with van der Waals surface area (Å²) in [5.41, 5.74) is 1.03. The highest BCUT2D eigenvalue weighted by Gasteiger charge is 2.39. The molecule has 2 rings (SSSR count). The predicted octanol–water partition coefficient (Wildman–Crippen LogP) is 6.66. The molecule has 1 amide bonds. The summed E-state index contributed by atoms with van der Waals surface area (Å²) in [5, 5.41) is 0.142. The molecule has 0 aliphatic rings. The van der Waals surface area contributed by atoms with Crippen LogP contribution in [0.25, 0.3) is 0 Å². The smallest absolute Gasteiger partial charge is 0.415 e. The minimum atomic E-state index is -1.88. The van der Waals surface area contributed by atoms with E-state index in [1.165, 1.54) is 0 Å². The van der Waals surface area contributed by atoms with E-state index in [1.54, 1.807) is 36.3 Å². The summed E-state index contributed by atoms with van der Waals surface area (Å²) in [7, 11) is -0.279. The van der Waals surface area contributed by atoms with E-state index in [0.29, 0.717) is 12.3 Å². The fraction of sp³-hybridized carbons (Fsp3) is 0.458. The monoisotopic (exact) mass is 429 g/mol. The number of ether oxygens (including phenoxy) is 2. The highest BCUT2D eigenvalue weighted by Crippen LogP contribution is 2.37. The van der Waals surface area contributed by atoms with Gasteiger partial charge in [-0.3, -0.25) is 0 Å². The molecule has 6 heteroatoms. The van der Waals surface area contributed by atoms with Crippen molar-refractivity contribution < 1.29 is 18.7 Å². The number of methoxy groups -OCH3 is 1. The average Bonchev–Trinajstić information content (AvgIpc) is 2.68. The number of hydrogen-bond donors (Lipinski definition) is 0. The number of nitrogens with zero attached hydrogens (tertiary/aromatic N) is 1. The van der Waals surface area contributed by atoms with E-state index in [4.69, 9.17) is 13.9 Å². The molecule has 0 bridgehead atoms. The normalized spacial score (nSPS) is 12.8. The van der Waals surface area contributed by atoms with Gasteiger partial charge in [0.25, 0.3) is 0 Å². The molecular weight excluding hydrogens is 394 g/mol. The largest absolute Gasteiger partial charge is 0.544 e. The van der Waals surface area contributed by atoms with Crippen molar-refractivity contribution in [2.75, 3.05) is 13.7 Å². The lowest BCUT2D eigenvalue weighted by atomic mass is 10.1. The summed E-state index contributed by atoms with van der Waals surface area (Å²) < 4.78 is 17.0. The van der Waals surface area contributed by atoms with Crippen LogP contribution >= 0.6 is 0 Å². The van der Waals surface area contributed by atoms with Crippen LogP contribution in [-0.2, 0) is 0 Å². The summed E-state index contributed by atoms with van der Waals surface area (Å²) in [6, 6.07) is 14.9. The zero-order chi connectivity index (χ0) is 22.5. The summed E-state index contributed by atoms with van der Waals surface area (Å²) in [6.07, 6.45) is -0.378. The standard InChI is InChI=1S/C24H35NO4Si/c1-9-25(23(26)28-21-16-14-20(27-6)15-17-21)18(2)19-10-12-22(13-11-19)29-30(7,8)24(3,4)5/h10-18H,9H2,1-8H3/t18-/m0/s1. The Morgan fingerprint density at radius 3 is 1.93 bits per heavy atom. The highest BCUT2D eigenvalue weighted by molar-refractivity contribution is 6.74. The molecule has 2 aromatic carbocycles. The molecule has 0 unspecified atom stereocenters. The van der Waals surface area contributed by atoms with Gasteiger partial charge in [0, 0.05) is 6.54 Å². The van der Waals surface area contributed by atoms with Crippen molar-refractivity contribution in [2.24, 2.45) is 0 Å². The Kier molecular flexibility index (Phi) is 7.58. The summed E-state index contributed by atoms with van der Waals surface area (Å²) >= 11 is 0. The van der Waals surface area contributed by atoms with Crippen molar-refractivity contribution in [1.29, 1.82) is 0 Å².